The molecule has 21 heavy (non-hydrogen) atoms. The van der Waals surface area contributed by atoms with Crippen molar-refractivity contribution in [2.75, 3.05) is 0 Å². The van der Waals surface area contributed by atoms with Crippen LogP contribution in [0.3, 0.4) is 0 Å². The van der Waals surface area contributed by atoms with Crippen molar-refractivity contribution in [1.82, 2.24) is 19.5 Å². The lowest BCUT2D eigenvalue weighted by Gasteiger charge is -2.26. The Morgan fingerprint density at radius 2 is 2.10 bits per heavy atom. The second-order valence-corrected chi connectivity index (χ2v) is 5.55. The van der Waals surface area contributed by atoms with Gasteiger partial charge in [0.1, 0.15) is 6.54 Å². The average Bonchev–Trinajstić information content (AvgIpc) is 2.78. The fourth-order valence-electron chi connectivity index (χ4n) is 2.74. The number of carbonyl (C=O) groups is 1. The summed E-state index contributed by atoms with van der Waals surface area (Å²) in [6.07, 6.45) is 5.29. The largest absolute Gasteiger partial charge is 0.352 e. The van der Waals surface area contributed by atoms with E-state index in [0.29, 0.717) is 5.65 Å². The maximum Gasteiger partial charge on any atom is 0.350 e. The second kappa shape index (κ2) is 5.69. The highest BCUT2D eigenvalue weighted by atomic mass is 16.2. The summed E-state index contributed by atoms with van der Waals surface area (Å²) in [4.78, 5) is 24.1. The van der Waals surface area contributed by atoms with Gasteiger partial charge in [0, 0.05) is 18.3 Å². The lowest BCUT2D eigenvalue weighted by Crippen LogP contribution is -2.42. The van der Waals surface area contributed by atoms with Gasteiger partial charge in [-0.15, -0.1) is 5.10 Å². The number of nitrogens with two attached hydrogens (primary N) is 1. The van der Waals surface area contributed by atoms with Gasteiger partial charge in [0.25, 0.3) is 0 Å². The van der Waals surface area contributed by atoms with E-state index in [1.165, 1.54) is 9.08 Å². The van der Waals surface area contributed by atoms with Gasteiger partial charge in [-0.25, -0.2) is 9.48 Å². The van der Waals surface area contributed by atoms with Gasteiger partial charge < -0.3 is 11.1 Å². The molecule has 2 aromatic heterocycles. The molecule has 0 unspecified atom stereocenters. The number of amides is 1. The van der Waals surface area contributed by atoms with Crippen molar-refractivity contribution in [3.05, 3.63) is 34.9 Å². The molecule has 1 fully saturated rings. The summed E-state index contributed by atoms with van der Waals surface area (Å²) in [5.74, 6) is -0.180. The Morgan fingerprint density at radius 1 is 1.33 bits per heavy atom. The van der Waals surface area contributed by atoms with Gasteiger partial charge in [-0.05, 0) is 37.8 Å². The molecule has 0 atom stereocenters. The SMILES string of the molecule is NC1CCC(NC(=O)Cn2nc3ccccn3c2=O)CC1. The van der Waals surface area contributed by atoms with Crippen LogP contribution in [0.5, 0.6) is 0 Å². The lowest BCUT2D eigenvalue weighted by molar-refractivity contribution is -0.122. The van der Waals surface area contributed by atoms with Crippen LogP contribution in [0.2, 0.25) is 0 Å². The van der Waals surface area contributed by atoms with Crippen LogP contribution in [0.4, 0.5) is 0 Å². The van der Waals surface area contributed by atoms with E-state index < -0.39 is 0 Å². The van der Waals surface area contributed by atoms with Gasteiger partial charge in [0.15, 0.2) is 5.65 Å². The molecular weight excluding hydrogens is 270 g/mol. The topological polar surface area (TPSA) is 94.4 Å². The number of carbonyl (C=O) groups excluding carboxylic acids is 1. The smallest absolute Gasteiger partial charge is 0.350 e. The zero-order chi connectivity index (χ0) is 14.8. The Kier molecular flexibility index (Phi) is 3.74. The molecule has 0 bridgehead atoms. The maximum atomic E-state index is 12.1. The first-order valence-electron chi connectivity index (χ1n) is 7.22. The molecule has 0 radical (unpaired) electrons. The summed E-state index contributed by atoms with van der Waals surface area (Å²) < 4.78 is 2.62. The Hall–Kier alpha value is -2.15. The third-order valence-electron chi connectivity index (χ3n) is 3.92. The maximum absolute atomic E-state index is 12.1. The van der Waals surface area contributed by atoms with Crippen LogP contribution >= 0.6 is 0 Å². The van der Waals surface area contributed by atoms with Crippen LogP contribution in [0, 0.1) is 0 Å². The molecule has 1 amide bonds. The second-order valence-electron chi connectivity index (χ2n) is 5.55. The molecule has 3 N–H and O–H groups in total. The summed E-state index contributed by atoms with van der Waals surface area (Å²) in [5, 5.41) is 7.10. The molecule has 7 heteroatoms. The molecule has 3 rings (SSSR count). The molecule has 0 spiro atoms. The van der Waals surface area contributed by atoms with Crippen LogP contribution in [0.15, 0.2) is 29.2 Å². The van der Waals surface area contributed by atoms with Crippen LogP contribution in [-0.2, 0) is 11.3 Å². The van der Waals surface area contributed by atoms with Crippen molar-refractivity contribution in [3.63, 3.8) is 0 Å². The molecule has 2 heterocycles. The number of fused-ring (bicyclic) bond motifs is 1. The Labute approximate surface area is 121 Å². The van der Waals surface area contributed by atoms with Gasteiger partial charge in [-0.2, -0.15) is 0 Å². The molecule has 0 aromatic carbocycles. The van der Waals surface area contributed by atoms with Crippen LogP contribution in [-0.4, -0.2) is 32.2 Å². The molecule has 0 saturated heterocycles. The number of aromatic nitrogens is 3. The minimum Gasteiger partial charge on any atom is -0.352 e. The molecule has 7 nitrogen and oxygen atoms in total. The fourth-order valence-corrected chi connectivity index (χ4v) is 2.74. The van der Waals surface area contributed by atoms with E-state index in [0.717, 1.165) is 25.7 Å². The highest BCUT2D eigenvalue weighted by Gasteiger charge is 2.20. The van der Waals surface area contributed by atoms with Gasteiger partial charge >= 0.3 is 5.69 Å². The zero-order valence-corrected chi connectivity index (χ0v) is 11.7. The lowest BCUT2D eigenvalue weighted by atomic mass is 9.92. The minimum absolute atomic E-state index is 0.0525. The predicted octanol–water partition coefficient (Wildman–Crippen LogP) is -0.118. The van der Waals surface area contributed by atoms with Crippen molar-refractivity contribution < 1.29 is 4.79 Å². The van der Waals surface area contributed by atoms with E-state index in [1.54, 1.807) is 24.4 Å². The van der Waals surface area contributed by atoms with Crippen LogP contribution < -0.4 is 16.7 Å². The number of rotatable bonds is 3. The van der Waals surface area contributed by atoms with Crippen molar-refractivity contribution in [1.29, 1.82) is 0 Å². The predicted molar refractivity (Wildman–Crippen MR) is 77.8 cm³/mol. The van der Waals surface area contributed by atoms with Crippen molar-refractivity contribution in [2.45, 2.75) is 44.3 Å². The quantitative estimate of drug-likeness (QED) is 0.823. The Bertz CT molecular complexity index is 697. The molecule has 0 aliphatic heterocycles. The van der Waals surface area contributed by atoms with Gasteiger partial charge in [0.05, 0.1) is 0 Å². The molecular formula is C14H19N5O2. The first-order valence-corrected chi connectivity index (χ1v) is 7.22. The van der Waals surface area contributed by atoms with Crippen molar-refractivity contribution >= 4 is 11.6 Å². The first kappa shape index (κ1) is 13.8. The van der Waals surface area contributed by atoms with Gasteiger partial charge in [-0.1, -0.05) is 6.07 Å². The molecule has 1 saturated carbocycles. The Balaban J connectivity index is 1.66. The third kappa shape index (κ3) is 2.97. The molecule has 1 aliphatic carbocycles. The highest BCUT2D eigenvalue weighted by molar-refractivity contribution is 5.76. The number of nitrogens with one attached hydrogen (secondary N) is 1. The number of hydrogen-bond donors (Lipinski definition) is 2. The third-order valence-corrected chi connectivity index (χ3v) is 3.92. The van der Waals surface area contributed by atoms with Gasteiger partial charge in [-0.3, -0.25) is 9.20 Å². The molecule has 112 valence electrons. The number of nitrogens with zero attached hydrogens (tertiary/aromatic N) is 3. The van der Waals surface area contributed by atoms with E-state index in [9.17, 15) is 9.59 Å². The molecule has 2 aromatic rings. The zero-order valence-electron chi connectivity index (χ0n) is 11.7. The van der Waals surface area contributed by atoms with E-state index >= 15 is 0 Å². The Morgan fingerprint density at radius 3 is 2.81 bits per heavy atom. The number of pyridine rings is 1. The normalized spacial score (nSPS) is 22.3. The van der Waals surface area contributed by atoms with Gasteiger partial charge in [0.2, 0.25) is 5.91 Å². The first-order chi connectivity index (χ1) is 10.1. The summed E-state index contributed by atoms with van der Waals surface area (Å²) in [5.41, 5.74) is 6.08. The summed E-state index contributed by atoms with van der Waals surface area (Å²) in [6, 6.07) is 5.70. The fraction of sp³-hybridized carbons (Fsp3) is 0.500. The van der Waals surface area contributed by atoms with E-state index in [1.807, 2.05) is 0 Å². The minimum atomic E-state index is -0.300. The monoisotopic (exact) mass is 289 g/mol. The van der Waals surface area contributed by atoms with E-state index in [2.05, 4.69) is 10.4 Å². The van der Waals surface area contributed by atoms with Crippen LogP contribution in [0.25, 0.3) is 5.65 Å². The van der Waals surface area contributed by atoms with Crippen LogP contribution in [0.1, 0.15) is 25.7 Å². The molecule has 1 aliphatic rings. The number of hydrogen-bond acceptors (Lipinski definition) is 4. The van der Waals surface area contributed by atoms with E-state index in [4.69, 9.17) is 5.73 Å². The standard InChI is InChI=1S/C14H19N5O2/c15-10-4-6-11(7-5-10)16-13(20)9-19-14(21)18-8-2-1-3-12(18)17-19/h1-3,8,10-11H,4-7,9,15H2,(H,16,20). The highest BCUT2D eigenvalue weighted by Crippen LogP contribution is 2.16. The summed E-state index contributed by atoms with van der Waals surface area (Å²) in [7, 11) is 0. The van der Waals surface area contributed by atoms with E-state index in [-0.39, 0.29) is 30.2 Å². The average molecular weight is 289 g/mol. The summed E-state index contributed by atoms with van der Waals surface area (Å²) >= 11 is 0. The summed E-state index contributed by atoms with van der Waals surface area (Å²) in [6.45, 7) is -0.0525. The van der Waals surface area contributed by atoms with Crippen molar-refractivity contribution in [2.24, 2.45) is 5.73 Å². The van der Waals surface area contributed by atoms with Crippen molar-refractivity contribution in [3.8, 4) is 0 Å².